The highest BCUT2D eigenvalue weighted by atomic mass is 32.2. The number of thioether (sulfide) groups is 1. The van der Waals surface area contributed by atoms with Crippen molar-refractivity contribution in [2.75, 3.05) is 25.0 Å². The third-order valence-corrected chi connectivity index (χ3v) is 6.68. The summed E-state index contributed by atoms with van der Waals surface area (Å²) in [4.78, 5) is 33.1. The number of hydrogen-bond acceptors (Lipinski definition) is 7. The number of carbonyl (C=O) groups excluding carboxylic acids is 1. The Labute approximate surface area is 190 Å². The molecule has 2 aliphatic heterocycles. The number of fused-ring (bicyclic) bond motifs is 1. The highest BCUT2D eigenvalue weighted by Crippen LogP contribution is 2.33. The van der Waals surface area contributed by atoms with Gasteiger partial charge in [0.25, 0.3) is 11.5 Å². The molecule has 0 radical (unpaired) electrons. The van der Waals surface area contributed by atoms with Gasteiger partial charge in [-0.2, -0.15) is 0 Å². The number of nitrogens with one attached hydrogen (secondary N) is 1. The number of aryl methyl sites for hydroxylation is 1. The number of nitrogens with zero attached hydrogens (tertiary/aromatic N) is 3. The van der Waals surface area contributed by atoms with Crippen LogP contribution in [0.5, 0.6) is 0 Å². The molecule has 2 aliphatic rings. The highest BCUT2D eigenvalue weighted by Gasteiger charge is 2.33. The van der Waals surface area contributed by atoms with Crippen molar-refractivity contribution in [3.8, 4) is 0 Å². The second-order valence-corrected chi connectivity index (χ2v) is 9.94. The van der Waals surface area contributed by atoms with E-state index in [4.69, 9.17) is 21.9 Å². The lowest BCUT2D eigenvalue weighted by Gasteiger charge is -2.16. The maximum atomic E-state index is 13.4. The average molecular weight is 459 g/mol. The molecule has 4 rings (SSSR count). The maximum Gasteiger partial charge on any atom is 0.267 e. The molecule has 0 spiro atoms. The fourth-order valence-electron chi connectivity index (χ4n) is 3.75. The molecular formula is C22H26N4O3S2. The molecule has 2 saturated heterocycles. The van der Waals surface area contributed by atoms with Crippen LogP contribution in [0.15, 0.2) is 28.0 Å². The minimum Gasteiger partial charge on any atom is -0.376 e. The number of carbonyl (C=O) groups is 1. The largest absolute Gasteiger partial charge is 0.376 e. The van der Waals surface area contributed by atoms with Gasteiger partial charge in [0.2, 0.25) is 0 Å². The summed E-state index contributed by atoms with van der Waals surface area (Å²) in [5.74, 6) is 0.591. The van der Waals surface area contributed by atoms with Gasteiger partial charge >= 0.3 is 0 Å². The van der Waals surface area contributed by atoms with Crippen LogP contribution in [0.3, 0.4) is 0 Å². The summed E-state index contributed by atoms with van der Waals surface area (Å²) in [7, 11) is 0. The fourth-order valence-corrected chi connectivity index (χ4v) is 5.00. The molecule has 0 bridgehead atoms. The number of thiocarbonyl (C=S) groups is 1. The summed E-state index contributed by atoms with van der Waals surface area (Å²) < 4.78 is 7.74. The normalized spacial score (nSPS) is 20.6. The van der Waals surface area contributed by atoms with Crippen molar-refractivity contribution in [3.05, 3.63) is 44.7 Å². The summed E-state index contributed by atoms with van der Waals surface area (Å²) >= 11 is 6.64. The lowest BCUT2D eigenvalue weighted by molar-refractivity contribution is -0.122. The number of anilines is 1. The summed E-state index contributed by atoms with van der Waals surface area (Å²) in [5, 5.41) is 3.30. The lowest BCUT2D eigenvalue weighted by atomic mass is 10.2. The monoisotopic (exact) mass is 458 g/mol. The molecular weight excluding hydrogens is 432 g/mol. The Morgan fingerprint density at radius 3 is 2.94 bits per heavy atom. The minimum atomic E-state index is -0.224. The summed E-state index contributed by atoms with van der Waals surface area (Å²) in [5.41, 5.74) is 1.62. The van der Waals surface area contributed by atoms with Crippen molar-refractivity contribution in [3.63, 3.8) is 0 Å². The van der Waals surface area contributed by atoms with E-state index in [-0.39, 0.29) is 17.6 Å². The molecule has 2 aromatic heterocycles. The van der Waals surface area contributed by atoms with Crippen LogP contribution in [-0.4, -0.2) is 50.3 Å². The van der Waals surface area contributed by atoms with Crippen LogP contribution in [0.25, 0.3) is 11.7 Å². The zero-order chi connectivity index (χ0) is 22.1. The molecule has 1 N–H and O–H groups in total. The third-order valence-electron chi connectivity index (χ3n) is 5.30. The van der Waals surface area contributed by atoms with Crippen molar-refractivity contribution in [2.24, 2.45) is 5.92 Å². The van der Waals surface area contributed by atoms with Gasteiger partial charge in [-0.05, 0) is 43.4 Å². The molecule has 164 valence electrons. The maximum absolute atomic E-state index is 13.4. The van der Waals surface area contributed by atoms with Crippen LogP contribution in [0.1, 0.15) is 37.8 Å². The number of ether oxygens (including phenoxy) is 1. The van der Waals surface area contributed by atoms with Crippen LogP contribution >= 0.6 is 24.0 Å². The van der Waals surface area contributed by atoms with Gasteiger partial charge in [-0.25, -0.2) is 4.98 Å². The lowest BCUT2D eigenvalue weighted by Crippen LogP contribution is -2.31. The predicted octanol–water partition coefficient (Wildman–Crippen LogP) is 3.45. The van der Waals surface area contributed by atoms with E-state index in [1.807, 2.05) is 32.9 Å². The van der Waals surface area contributed by atoms with Crippen molar-refractivity contribution in [1.82, 2.24) is 14.3 Å². The van der Waals surface area contributed by atoms with Gasteiger partial charge in [0, 0.05) is 25.9 Å². The molecule has 1 atom stereocenters. The molecule has 7 nitrogen and oxygen atoms in total. The number of hydrogen-bond donors (Lipinski definition) is 1. The number of rotatable bonds is 6. The average Bonchev–Trinajstić information content (AvgIpc) is 3.33. The quantitative estimate of drug-likeness (QED) is 0.525. The molecule has 0 aliphatic carbocycles. The summed E-state index contributed by atoms with van der Waals surface area (Å²) in [6.07, 6.45) is 5.42. The SMILES string of the molecule is Cc1cccn2c(=O)c(C=C3SC(=S)N(CC(C)C)C3=O)c(NCC3CCCO3)nc12. The molecule has 0 aromatic carbocycles. The van der Waals surface area contributed by atoms with E-state index in [0.29, 0.717) is 45.3 Å². The Morgan fingerprint density at radius 2 is 2.23 bits per heavy atom. The van der Waals surface area contributed by atoms with E-state index < -0.39 is 0 Å². The Bertz CT molecular complexity index is 1120. The second kappa shape index (κ2) is 9.10. The number of aromatic nitrogens is 2. The topological polar surface area (TPSA) is 75.9 Å². The number of amides is 1. The van der Waals surface area contributed by atoms with Gasteiger partial charge in [-0.15, -0.1) is 0 Å². The van der Waals surface area contributed by atoms with Gasteiger partial charge in [0.15, 0.2) is 0 Å². The first kappa shape index (κ1) is 22.0. The van der Waals surface area contributed by atoms with Crippen LogP contribution in [0, 0.1) is 12.8 Å². The summed E-state index contributed by atoms with van der Waals surface area (Å²) in [6.45, 7) is 7.87. The standard InChI is InChI=1S/C22H26N4O3S2/c1-13(2)12-26-21(28)17(31-22(26)30)10-16-18(23-11-15-7-5-9-29-15)24-19-14(3)6-4-8-25(19)20(16)27/h4,6,8,10,13,15,23H,5,7,9,11-12H2,1-3H3. The molecule has 1 unspecified atom stereocenters. The molecule has 4 heterocycles. The van der Waals surface area contributed by atoms with Crippen molar-refractivity contribution >= 4 is 51.7 Å². The van der Waals surface area contributed by atoms with Gasteiger partial charge in [-0.3, -0.25) is 18.9 Å². The first-order valence-corrected chi connectivity index (χ1v) is 11.7. The molecule has 1 amide bonds. The van der Waals surface area contributed by atoms with E-state index in [1.54, 1.807) is 17.2 Å². The Morgan fingerprint density at radius 1 is 1.42 bits per heavy atom. The second-order valence-electron chi connectivity index (χ2n) is 8.27. The predicted molar refractivity (Wildman–Crippen MR) is 128 cm³/mol. The van der Waals surface area contributed by atoms with E-state index >= 15 is 0 Å². The van der Waals surface area contributed by atoms with E-state index in [9.17, 15) is 9.59 Å². The smallest absolute Gasteiger partial charge is 0.267 e. The van der Waals surface area contributed by atoms with Crippen LogP contribution in [-0.2, 0) is 9.53 Å². The van der Waals surface area contributed by atoms with Crippen molar-refractivity contribution < 1.29 is 9.53 Å². The third kappa shape index (κ3) is 4.53. The van der Waals surface area contributed by atoms with E-state index in [1.165, 1.54) is 16.2 Å². The van der Waals surface area contributed by atoms with E-state index in [2.05, 4.69) is 5.32 Å². The Hall–Kier alpha value is -2.23. The van der Waals surface area contributed by atoms with E-state index in [0.717, 1.165) is 25.0 Å². The van der Waals surface area contributed by atoms with Crippen LogP contribution in [0.4, 0.5) is 5.82 Å². The zero-order valence-electron chi connectivity index (χ0n) is 17.9. The number of pyridine rings is 1. The fraction of sp³-hybridized carbons (Fsp3) is 0.455. The zero-order valence-corrected chi connectivity index (χ0v) is 19.5. The Kier molecular flexibility index (Phi) is 6.45. The molecule has 0 saturated carbocycles. The molecule has 2 fully saturated rings. The van der Waals surface area contributed by atoms with Crippen molar-refractivity contribution in [2.45, 2.75) is 39.7 Å². The van der Waals surface area contributed by atoms with Gasteiger partial charge in [0.1, 0.15) is 15.8 Å². The molecule has 31 heavy (non-hydrogen) atoms. The first-order chi connectivity index (χ1) is 14.8. The minimum absolute atomic E-state index is 0.0919. The van der Waals surface area contributed by atoms with Crippen molar-refractivity contribution in [1.29, 1.82) is 0 Å². The molecule has 2 aromatic rings. The Balaban J connectivity index is 1.76. The van der Waals surface area contributed by atoms with Gasteiger partial charge in [0.05, 0.1) is 16.6 Å². The highest BCUT2D eigenvalue weighted by molar-refractivity contribution is 8.26. The molecule has 9 heteroatoms. The van der Waals surface area contributed by atoms with Gasteiger partial charge < -0.3 is 10.1 Å². The van der Waals surface area contributed by atoms with Gasteiger partial charge in [-0.1, -0.05) is 43.9 Å². The van der Waals surface area contributed by atoms with Crippen LogP contribution < -0.4 is 10.9 Å². The van der Waals surface area contributed by atoms with Crippen LogP contribution in [0.2, 0.25) is 0 Å². The first-order valence-electron chi connectivity index (χ1n) is 10.5. The summed E-state index contributed by atoms with van der Waals surface area (Å²) in [6, 6.07) is 3.74.